The molecule has 0 aromatic carbocycles. The van der Waals surface area contributed by atoms with E-state index in [9.17, 15) is 0 Å². The van der Waals surface area contributed by atoms with Crippen LogP contribution in [0.2, 0.25) is 0 Å². The molecule has 4 atom stereocenters. The average molecular weight is 217 g/mol. The maximum Gasteiger partial charge on any atom is 0.0289 e. The van der Waals surface area contributed by atoms with Crippen LogP contribution in [-0.2, 0) is 0 Å². The van der Waals surface area contributed by atoms with E-state index in [-0.39, 0.29) is 0 Å². The lowest BCUT2D eigenvalue weighted by Crippen LogP contribution is -2.73. The monoisotopic (exact) mass is 217 g/mol. The second-order valence-electron chi connectivity index (χ2n) is 6.79. The van der Waals surface area contributed by atoms with Gasteiger partial charge in [0.05, 0.1) is 0 Å². The lowest BCUT2D eigenvalue weighted by molar-refractivity contribution is -0.157. The van der Waals surface area contributed by atoms with Crippen molar-refractivity contribution >= 4 is 0 Å². The second-order valence-corrected chi connectivity index (χ2v) is 6.79. The fourth-order valence-corrected chi connectivity index (χ4v) is 5.52. The van der Waals surface area contributed by atoms with Crippen molar-refractivity contribution in [2.24, 2.45) is 5.92 Å². The highest BCUT2D eigenvalue weighted by Gasteiger charge is 2.59. The molecule has 1 nitrogen and oxygen atoms in total. The Morgan fingerprint density at radius 1 is 1.00 bits per heavy atom. The van der Waals surface area contributed by atoms with Gasteiger partial charge in [-0.05, 0) is 64.2 Å². The molecule has 0 amide bonds. The molecule has 16 heavy (non-hydrogen) atoms. The molecule has 4 heterocycles. The van der Waals surface area contributed by atoms with E-state index in [2.05, 4.69) is 24.0 Å². The fraction of sp³-hybridized carbons (Fsp3) is 0.867. The predicted octanol–water partition coefficient (Wildman–Crippen LogP) is 3.50. The quantitative estimate of drug-likeness (QED) is 0.561. The van der Waals surface area contributed by atoms with Crippen LogP contribution in [0, 0.1) is 5.92 Å². The molecule has 4 aliphatic heterocycles. The molecular formula is C15H23N. The summed E-state index contributed by atoms with van der Waals surface area (Å²) in [5, 5.41) is 0. The third-order valence-corrected chi connectivity index (χ3v) is 6.15. The highest BCUT2D eigenvalue weighted by atomic mass is 15.3. The van der Waals surface area contributed by atoms with E-state index in [0.29, 0.717) is 11.1 Å². The number of hydrogen-bond donors (Lipinski definition) is 0. The Morgan fingerprint density at radius 2 is 1.88 bits per heavy atom. The van der Waals surface area contributed by atoms with E-state index in [0.717, 1.165) is 12.0 Å². The molecule has 0 aromatic heterocycles. The Kier molecular flexibility index (Phi) is 1.78. The summed E-state index contributed by atoms with van der Waals surface area (Å²) in [6.45, 7) is 2.56. The van der Waals surface area contributed by atoms with Gasteiger partial charge in [-0.3, -0.25) is 4.90 Å². The van der Waals surface area contributed by atoms with Crippen molar-refractivity contribution in [1.29, 1.82) is 0 Å². The van der Waals surface area contributed by atoms with E-state index < -0.39 is 0 Å². The summed E-state index contributed by atoms with van der Waals surface area (Å²) < 4.78 is 0. The summed E-state index contributed by atoms with van der Waals surface area (Å²) in [4.78, 5) is 2.99. The van der Waals surface area contributed by atoms with Crippen molar-refractivity contribution in [1.82, 2.24) is 4.90 Å². The van der Waals surface area contributed by atoms with E-state index in [1.54, 1.807) is 0 Å². The molecule has 0 radical (unpaired) electrons. The minimum absolute atomic E-state index is 0.524. The van der Waals surface area contributed by atoms with Crippen LogP contribution >= 0.6 is 0 Å². The van der Waals surface area contributed by atoms with E-state index in [1.165, 1.54) is 51.4 Å². The Balaban J connectivity index is 1.89. The van der Waals surface area contributed by atoms with Gasteiger partial charge in [-0.15, -0.1) is 0 Å². The molecular weight excluding hydrogens is 194 g/mol. The minimum atomic E-state index is 0.524. The Bertz CT molecular complexity index is 343. The van der Waals surface area contributed by atoms with E-state index in [4.69, 9.17) is 0 Å². The molecule has 3 saturated heterocycles. The zero-order chi connectivity index (χ0) is 10.8. The summed E-state index contributed by atoms with van der Waals surface area (Å²) in [6, 6.07) is 0.788. The first kappa shape index (κ1) is 9.70. The van der Waals surface area contributed by atoms with Crippen LogP contribution in [0.4, 0.5) is 0 Å². The van der Waals surface area contributed by atoms with Gasteiger partial charge in [-0.2, -0.15) is 0 Å². The van der Waals surface area contributed by atoms with Crippen molar-refractivity contribution < 1.29 is 0 Å². The van der Waals surface area contributed by atoms with Crippen molar-refractivity contribution in [3.05, 3.63) is 12.2 Å². The molecule has 1 heteroatoms. The Labute approximate surface area is 98.9 Å². The first-order valence-electron chi connectivity index (χ1n) is 7.22. The SMILES string of the molecule is CC12CCCC34CCCC(C=CC1CC3)N42. The van der Waals surface area contributed by atoms with Crippen LogP contribution in [0.5, 0.6) is 0 Å². The van der Waals surface area contributed by atoms with Crippen LogP contribution < -0.4 is 0 Å². The van der Waals surface area contributed by atoms with Crippen LogP contribution in [0.1, 0.15) is 58.3 Å². The first-order chi connectivity index (χ1) is 7.75. The number of piperidine rings is 3. The van der Waals surface area contributed by atoms with Gasteiger partial charge in [-0.1, -0.05) is 12.2 Å². The third-order valence-electron chi connectivity index (χ3n) is 6.15. The van der Waals surface area contributed by atoms with Crippen molar-refractivity contribution in [2.75, 3.05) is 0 Å². The zero-order valence-electron chi connectivity index (χ0n) is 10.4. The van der Waals surface area contributed by atoms with Gasteiger partial charge in [-0.25, -0.2) is 0 Å². The number of rotatable bonds is 0. The van der Waals surface area contributed by atoms with Crippen LogP contribution in [0.3, 0.4) is 0 Å². The largest absolute Gasteiger partial charge is 0.285 e. The van der Waals surface area contributed by atoms with Gasteiger partial charge in [0.2, 0.25) is 0 Å². The van der Waals surface area contributed by atoms with Gasteiger partial charge in [0.15, 0.2) is 0 Å². The molecule has 0 spiro atoms. The molecule has 4 aliphatic rings. The van der Waals surface area contributed by atoms with Crippen LogP contribution in [0.25, 0.3) is 0 Å². The van der Waals surface area contributed by atoms with Gasteiger partial charge < -0.3 is 0 Å². The van der Waals surface area contributed by atoms with Gasteiger partial charge in [0.1, 0.15) is 0 Å². The molecule has 0 N–H and O–H groups in total. The molecule has 4 unspecified atom stereocenters. The summed E-state index contributed by atoms with van der Waals surface area (Å²) in [7, 11) is 0. The standard InChI is InChI=1S/C15H23N/c1-14-8-3-10-15-9-2-4-13(16(14)15)6-5-12(14)7-11-15/h5-6,12-13H,2-4,7-11H2,1H3. The summed E-state index contributed by atoms with van der Waals surface area (Å²) in [5.41, 5.74) is 1.15. The summed E-state index contributed by atoms with van der Waals surface area (Å²) >= 11 is 0. The maximum atomic E-state index is 2.99. The van der Waals surface area contributed by atoms with Crippen molar-refractivity contribution in [3.8, 4) is 0 Å². The van der Waals surface area contributed by atoms with E-state index >= 15 is 0 Å². The predicted molar refractivity (Wildman–Crippen MR) is 66.3 cm³/mol. The molecule has 3 fully saturated rings. The highest BCUT2D eigenvalue weighted by Crippen LogP contribution is 2.58. The normalized spacial score (nSPS) is 55.1. The van der Waals surface area contributed by atoms with Crippen molar-refractivity contribution in [3.63, 3.8) is 0 Å². The summed E-state index contributed by atoms with van der Waals surface area (Å²) in [5.74, 6) is 0.857. The lowest BCUT2D eigenvalue weighted by Gasteiger charge is -2.68. The highest BCUT2D eigenvalue weighted by molar-refractivity contribution is 5.23. The zero-order valence-corrected chi connectivity index (χ0v) is 10.4. The van der Waals surface area contributed by atoms with Crippen LogP contribution in [0.15, 0.2) is 12.2 Å². The Morgan fingerprint density at radius 3 is 2.81 bits per heavy atom. The van der Waals surface area contributed by atoms with Crippen LogP contribution in [-0.4, -0.2) is 22.0 Å². The third kappa shape index (κ3) is 0.971. The average Bonchev–Trinajstić information content (AvgIpc) is 2.26. The molecule has 0 aromatic rings. The van der Waals surface area contributed by atoms with Gasteiger partial charge in [0.25, 0.3) is 0 Å². The molecule has 88 valence electrons. The van der Waals surface area contributed by atoms with E-state index in [1.807, 2.05) is 0 Å². The van der Waals surface area contributed by atoms with Crippen molar-refractivity contribution in [2.45, 2.75) is 75.4 Å². The first-order valence-corrected chi connectivity index (χ1v) is 7.22. The number of hydrogen-bond acceptors (Lipinski definition) is 1. The molecule has 4 rings (SSSR count). The minimum Gasteiger partial charge on any atom is -0.285 e. The fourth-order valence-electron chi connectivity index (χ4n) is 5.52. The molecule has 4 bridgehead atoms. The second kappa shape index (κ2) is 2.93. The Hall–Kier alpha value is -0.300. The lowest BCUT2D eigenvalue weighted by atomic mass is 9.58. The molecule has 0 aliphatic carbocycles. The topological polar surface area (TPSA) is 3.24 Å². The maximum absolute atomic E-state index is 2.99. The van der Waals surface area contributed by atoms with Gasteiger partial charge >= 0.3 is 0 Å². The summed E-state index contributed by atoms with van der Waals surface area (Å²) in [6.07, 6.45) is 16.8. The smallest absolute Gasteiger partial charge is 0.0289 e. The number of nitrogens with zero attached hydrogens (tertiary/aromatic N) is 1. The van der Waals surface area contributed by atoms with Gasteiger partial charge in [0, 0.05) is 17.1 Å². The molecule has 0 saturated carbocycles.